The molecule has 33 heavy (non-hydrogen) atoms. The Balaban J connectivity index is 1.64. The molecule has 9 heteroatoms. The molecule has 2 aromatic rings. The van der Waals surface area contributed by atoms with Gasteiger partial charge in [-0.1, -0.05) is 25.5 Å². The molecule has 0 spiro atoms. The normalized spacial score (nSPS) is 19.6. The van der Waals surface area contributed by atoms with E-state index in [1.54, 1.807) is 24.3 Å². The van der Waals surface area contributed by atoms with Crippen LogP contribution in [0.1, 0.15) is 38.2 Å². The molecular formula is C24H29N3O4S2. The number of nitrogens with zero attached hydrogens (tertiary/aromatic N) is 2. The van der Waals surface area contributed by atoms with E-state index < -0.39 is 10.0 Å². The second-order valence-electron chi connectivity index (χ2n) is 8.62. The molecule has 176 valence electrons. The number of nitrogens with one attached hydrogen (secondary N) is 1. The predicted octanol–water partition coefficient (Wildman–Crippen LogP) is 4.03. The van der Waals surface area contributed by atoms with E-state index >= 15 is 0 Å². The monoisotopic (exact) mass is 487 g/mol. The number of rotatable bonds is 5. The van der Waals surface area contributed by atoms with E-state index in [1.165, 1.54) is 21.0 Å². The first-order valence-corrected chi connectivity index (χ1v) is 13.5. The largest absolute Gasteiger partial charge is 0.325 e. The summed E-state index contributed by atoms with van der Waals surface area (Å²) in [5, 5.41) is 2.86. The third-order valence-corrected chi connectivity index (χ3v) is 8.93. The van der Waals surface area contributed by atoms with Gasteiger partial charge in [0.15, 0.2) is 0 Å². The van der Waals surface area contributed by atoms with Gasteiger partial charge < -0.3 is 10.2 Å². The van der Waals surface area contributed by atoms with Crippen molar-refractivity contribution in [1.82, 2.24) is 4.31 Å². The van der Waals surface area contributed by atoms with E-state index in [9.17, 15) is 18.0 Å². The molecule has 1 N–H and O–H groups in total. The average Bonchev–Trinajstić information content (AvgIpc) is 2.89. The summed E-state index contributed by atoms with van der Waals surface area (Å²) in [4.78, 5) is 28.3. The van der Waals surface area contributed by atoms with Crippen molar-refractivity contribution in [1.29, 1.82) is 0 Å². The van der Waals surface area contributed by atoms with Gasteiger partial charge in [-0.3, -0.25) is 9.59 Å². The number of aryl methyl sites for hydroxylation is 1. The van der Waals surface area contributed by atoms with Crippen molar-refractivity contribution in [2.75, 3.05) is 29.9 Å². The van der Waals surface area contributed by atoms with Gasteiger partial charge in [0.2, 0.25) is 21.8 Å². The molecule has 7 nitrogen and oxygen atoms in total. The number of hydrogen-bond donors (Lipinski definition) is 1. The standard InChI is InChI=1S/C24H29N3O4S2/c1-17-7-6-8-19(13-17)25-23(28)16-27-21-15-20(33(30,31)26-11-4-3-5-12-26)9-10-22(21)32-18(2)14-24(27)29/h6-10,13,15,18H,3-5,11-12,14,16H2,1-2H3,(H,25,28). The quantitative estimate of drug-likeness (QED) is 0.688. The number of fused-ring (bicyclic) bond motifs is 1. The maximum absolute atomic E-state index is 13.2. The van der Waals surface area contributed by atoms with Crippen molar-refractivity contribution in [2.24, 2.45) is 0 Å². The molecule has 2 aliphatic rings. The van der Waals surface area contributed by atoms with Crippen LogP contribution < -0.4 is 10.2 Å². The molecule has 0 aromatic heterocycles. The Bertz CT molecular complexity index is 1160. The van der Waals surface area contributed by atoms with Crippen molar-refractivity contribution < 1.29 is 18.0 Å². The van der Waals surface area contributed by atoms with Crippen LogP contribution in [-0.2, 0) is 19.6 Å². The van der Waals surface area contributed by atoms with Crippen molar-refractivity contribution >= 4 is 45.0 Å². The minimum atomic E-state index is -3.66. The number of benzene rings is 2. The predicted molar refractivity (Wildman–Crippen MR) is 131 cm³/mol. The molecule has 2 heterocycles. The van der Waals surface area contributed by atoms with Gasteiger partial charge in [0.1, 0.15) is 6.54 Å². The van der Waals surface area contributed by atoms with Crippen LogP contribution in [0.15, 0.2) is 52.3 Å². The van der Waals surface area contributed by atoms with Gasteiger partial charge in [0.25, 0.3) is 0 Å². The Hall–Kier alpha value is -2.36. The number of thioether (sulfide) groups is 1. The smallest absolute Gasteiger partial charge is 0.244 e. The highest BCUT2D eigenvalue weighted by Crippen LogP contribution is 2.39. The molecule has 1 atom stereocenters. The Kier molecular flexibility index (Phi) is 7.11. The summed E-state index contributed by atoms with van der Waals surface area (Å²) in [6.07, 6.45) is 3.00. The van der Waals surface area contributed by atoms with Gasteiger partial charge in [0, 0.05) is 35.3 Å². The number of anilines is 2. The van der Waals surface area contributed by atoms with Gasteiger partial charge in [-0.05, 0) is 55.7 Å². The fourth-order valence-electron chi connectivity index (χ4n) is 4.21. The Labute approximate surface area is 199 Å². The molecule has 1 saturated heterocycles. The average molecular weight is 488 g/mol. The fraction of sp³-hybridized carbons (Fsp3) is 0.417. The van der Waals surface area contributed by atoms with Gasteiger partial charge in [-0.15, -0.1) is 11.8 Å². The van der Waals surface area contributed by atoms with E-state index in [-0.39, 0.29) is 34.9 Å². The minimum Gasteiger partial charge on any atom is -0.325 e. The first kappa shape index (κ1) is 23.8. The summed E-state index contributed by atoms with van der Waals surface area (Å²) in [6.45, 7) is 4.73. The van der Waals surface area contributed by atoms with Crippen LogP contribution in [-0.4, -0.2) is 49.4 Å². The summed E-state index contributed by atoms with van der Waals surface area (Å²) < 4.78 is 28.0. The third kappa shape index (κ3) is 5.42. The zero-order valence-electron chi connectivity index (χ0n) is 18.9. The molecule has 2 aliphatic heterocycles. The molecule has 2 amide bonds. The van der Waals surface area contributed by atoms with Crippen molar-refractivity contribution in [2.45, 2.75) is 54.6 Å². The van der Waals surface area contributed by atoms with Crippen molar-refractivity contribution in [3.63, 3.8) is 0 Å². The summed E-state index contributed by atoms with van der Waals surface area (Å²) in [5.74, 6) is -0.524. The number of carbonyl (C=O) groups is 2. The van der Waals surface area contributed by atoms with E-state index in [0.29, 0.717) is 24.5 Å². The van der Waals surface area contributed by atoms with E-state index in [4.69, 9.17) is 0 Å². The summed E-state index contributed by atoms with van der Waals surface area (Å²) >= 11 is 1.53. The van der Waals surface area contributed by atoms with Crippen molar-refractivity contribution in [3.05, 3.63) is 48.0 Å². The molecule has 1 unspecified atom stereocenters. The van der Waals surface area contributed by atoms with Crippen LogP contribution in [0.2, 0.25) is 0 Å². The zero-order chi connectivity index (χ0) is 23.6. The summed E-state index contributed by atoms with van der Waals surface area (Å²) in [7, 11) is -3.66. The second-order valence-corrected chi connectivity index (χ2v) is 12.0. The Morgan fingerprint density at radius 1 is 1.12 bits per heavy atom. The highest BCUT2D eigenvalue weighted by Gasteiger charge is 2.31. The second kappa shape index (κ2) is 9.87. The Morgan fingerprint density at radius 2 is 1.88 bits per heavy atom. The lowest BCUT2D eigenvalue weighted by atomic mass is 10.2. The maximum atomic E-state index is 13.2. The van der Waals surface area contributed by atoms with Crippen LogP contribution in [0.5, 0.6) is 0 Å². The van der Waals surface area contributed by atoms with Crippen LogP contribution in [0.4, 0.5) is 11.4 Å². The van der Waals surface area contributed by atoms with Gasteiger partial charge >= 0.3 is 0 Å². The first-order valence-electron chi connectivity index (χ1n) is 11.2. The zero-order valence-corrected chi connectivity index (χ0v) is 20.5. The lowest BCUT2D eigenvalue weighted by Crippen LogP contribution is -2.39. The van der Waals surface area contributed by atoms with Crippen LogP contribution in [0.3, 0.4) is 0 Å². The van der Waals surface area contributed by atoms with E-state index in [2.05, 4.69) is 5.32 Å². The number of sulfonamides is 1. The van der Waals surface area contributed by atoms with Gasteiger partial charge in [-0.25, -0.2) is 8.42 Å². The lowest BCUT2D eigenvalue weighted by molar-refractivity contribution is -0.121. The van der Waals surface area contributed by atoms with Gasteiger partial charge in [-0.2, -0.15) is 4.31 Å². The SMILES string of the molecule is Cc1cccc(NC(=O)CN2C(=O)CC(C)Sc3ccc(S(=O)(=O)N4CCCCC4)cc32)c1. The molecular weight excluding hydrogens is 458 g/mol. The van der Waals surface area contributed by atoms with Gasteiger partial charge in [0.05, 0.1) is 10.6 Å². The fourth-order valence-corrected chi connectivity index (χ4v) is 6.85. The molecule has 0 bridgehead atoms. The Morgan fingerprint density at radius 3 is 2.61 bits per heavy atom. The first-order chi connectivity index (χ1) is 15.7. The lowest BCUT2D eigenvalue weighted by Gasteiger charge is -2.27. The number of piperidine rings is 1. The topological polar surface area (TPSA) is 86.8 Å². The molecule has 0 aliphatic carbocycles. The molecule has 0 saturated carbocycles. The van der Waals surface area contributed by atoms with E-state index in [0.717, 1.165) is 29.7 Å². The van der Waals surface area contributed by atoms with Crippen LogP contribution in [0.25, 0.3) is 0 Å². The number of amides is 2. The van der Waals surface area contributed by atoms with Crippen LogP contribution >= 0.6 is 11.8 Å². The number of carbonyl (C=O) groups excluding carboxylic acids is 2. The molecule has 2 aromatic carbocycles. The maximum Gasteiger partial charge on any atom is 0.244 e. The summed E-state index contributed by atoms with van der Waals surface area (Å²) in [6, 6.07) is 12.4. The molecule has 0 radical (unpaired) electrons. The molecule has 4 rings (SSSR count). The highest BCUT2D eigenvalue weighted by atomic mass is 32.2. The van der Waals surface area contributed by atoms with Crippen molar-refractivity contribution in [3.8, 4) is 0 Å². The summed E-state index contributed by atoms with van der Waals surface area (Å²) in [5.41, 5.74) is 2.15. The third-order valence-electron chi connectivity index (χ3n) is 5.87. The van der Waals surface area contributed by atoms with Crippen LogP contribution in [0, 0.1) is 6.92 Å². The van der Waals surface area contributed by atoms with E-state index in [1.807, 2.05) is 32.0 Å². The number of hydrogen-bond acceptors (Lipinski definition) is 5. The molecule has 1 fully saturated rings. The minimum absolute atomic E-state index is 0.0191. The highest BCUT2D eigenvalue weighted by molar-refractivity contribution is 8.00.